The van der Waals surface area contributed by atoms with E-state index in [0.29, 0.717) is 6.42 Å². The highest BCUT2D eigenvalue weighted by Crippen LogP contribution is 2.49. The molecule has 1 fully saturated rings. The normalized spacial score (nSPS) is 24.6. The molecule has 1 aliphatic carbocycles. The fraction of sp³-hybridized carbons (Fsp3) is 0.533. The van der Waals surface area contributed by atoms with E-state index in [0.717, 1.165) is 17.0 Å². The van der Waals surface area contributed by atoms with Crippen molar-refractivity contribution < 1.29 is 9.90 Å². The number of aliphatic hydroxyl groups excluding tert-OH is 1. The van der Waals surface area contributed by atoms with Crippen LogP contribution in [0.15, 0.2) is 24.3 Å². The molecular weight excluding hydrogens is 262 g/mol. The van der Waals surface area contributed by atoms with Crippen LogP contribution in [-0.2, 0) is 4.79 Å². The third-order valence-electron chi connectivity index (χ3n) is 3.99. The van der Waals surface area contributed by atoms with Gasteiger partial charge in [0, 0.05) is 10.9 Å². The van der Waals surface area contributed by atoms with Gasteiger partial charge in [-0.1, -0.05) is 36.7 Å². The Balaban J connectivity index is 2.00. The van der Waals surface area contributed by atoms with Crippen LogP contribution in [0.25, 0.3) is 0 Å². The fourth-order valence-electron chi connectivity index (χ4n) is 2.23. The predicted molar refractivity (Wildman–Crippen MR) is 76.2 cm³/mol. The Kier molecular flexibility index (Phi) is 4.16. The lowest BCUT2D eigenvalue weighted by Crippen LogP contribution is -2.49. The Morgan fingerprint density at radius 3 is 2.79 bits per heavy atom. The molecule has 1 amide bonds. The molecule has 1 aromatic carbocycles. The average molecular weight is 282 g/mol. The van der Waals surface area contributed by atoms with Gasteiger partial charge in [0.1, 0.15) is 0 Å². The largest absolute Gasteiger partial charge is 0.394 e. The lowest BCUT2D eigenvalue weighted by atomic mass is 9.99. The number of hydrogen-bond acceptors (Lipinski definition) is 2. The fourth-order valence-corrected chi connectivity index (χ4v) is 2.51. The molecule has 0 bridgehead atoms. The molecule has 1 aromatic rings. The molecule has 19 heavy (non-hydrogen) atoms. The summed E-state index contributed by atoms with van der Waals surface area (Å²) in [5, 5.41) is 13.0. The summed E-state index contributed by atoms with van der Waals surface area (Å²) in [5.41, 5.74) is 0.525. The average Bonchev–Trinajstić information content (AvgIpc) is 3.19. The van der Waals surface area contributed by atoms with Crippen LogP contribution in [0.5, 0.6) is 0 Å². The van der Waals surface area contributed by atoms with Gasteiger partial charge >= 0.3 is 0 Å². The van der Waals surface area contributed by atoms with Gasteiger partial charge in [-0.3, -0.25) is 4.79 Å². The monoisotopic (exact) mass is 281 g/mol. The van der Waals surface area contributed by atoms with Crippen molar-refractivity contribution >= 4 is 17.5 Å². The third-order valence-corrected chi connectivity index (χ3v) is 4.33. The number of carbonyl (C=O) groups excluding carboxylic acids is 1. The van der Waals surface area contributed by atoms with Crippen molar-refractivity contribution in [3.8, 4) is 0 Å². The van der Waals surface area contributed by atoms with Crippen molar-refractivity contribution in [2.75, 3.05) is 6.61 Å². The number of carbonyl (C=O) groups is 1. The van der Waals surface area contributed by atoms with Gasteiger partial charge in [0.25, 0.3) is 0 Å². The molecule has 0 heterocycles. The van der Waals surface area contributed by atoms with Gasteiger partial charge in [0.2, 0.25) is 5.91 Å². The maximum atomic E-state index is 12.2. The number of rotatable bonds is 5. The number of aliphatic hydroxyl groups is 1. The van der Waals surface area contributed by atoms with E-state index in [1.54, 1.807) is 0 Å². The standard InChI is InChI=1S/C15H20ClNO2/c1-3-15(2,9-18)17-14(19)12-8-11(12)10-6-4-5-7-13(10)16/h4-7,11-12,18H,3,8-9H2,1-2H3,(H,17,19)/t11-,12+,15+/m0/s1. The van der Waals surface area contributed by atoms with Crippen molar-refractivity contribution in [2.24, 2.45) is 5.92 Å². The summed E-state index contributed by atoms with van der Waals surface area (Å²) in [6.07, 6.45) is 1.54. The molecule has 1 saturated carbocycles. The second-order valence-corrected chi connectivity index (χ2v) is 5.94. The molecule has 0 unspecified atom stereocenters. The lowest BCUT2D eigenvalue weighted by molar-refractivity contribution is -0.124. The summed E-state index contributed by atoms with van der Waals surface area (Å²) in [4.78, 5) is 12.2. The molecule has 0 saturated heterocycles. The molecule has 2 N–H and O–H groups in total. The van der Waals surface area contributed by atoms with E-state index in [9.17, 15) is 9.90 Å². The Morgan fingerprint density at radius 2 is 2.21 bits per heavy atom. The van der Waals surface area contributed by atoms with Crippen LogP contribution in [0.1, 0.15) is 38.2 Å². The van der Waals surface area contributed by atoms with Gasteiger partial charge in [-0.15, -0.1) is 0 Å². The maximum Gasteiger partial charge on any atom is 0.224 e. The highest BCUT2D eigenvalue weighted by Gasteiger charge is 2.46. The quantitative estimate of drug-likeness (QED) is 0.872. The highest BCUT2D eigenvalue weighted by atomic mass is 35.5. The van der Waals surface area contributed by atoms with Crippen LogP contribution < -0.4 is 5.32 Å². The molecule has 4 heteroatoms. The summed E-state index contributed by atoms with van der Waals surface area (Å²) < 4.78 is 0. The summed E-state index contributed by atoms with van der Waals surface area (Å²) in [7, 11) is 0. The molecule has 0 radical (unpaired) electrons. The van der Waals surface area contributed by atoms with E-state index in [1.165, 1.54) is 0 Å². The Bertz CT molecular complexity index is 471. The van der Waals surface area contributed by atoms with Crippen LogP contribution in [0.4, 0.5) is 0 Å². The number of benzene rings is 1. The molecule has 1 aliphatic rings. The van der Waals surface area contributed by atoms with E-state index in [1.807, 2.05) is 38.1 Å². The van der Waals surface area contributed by atoms with E-state index in [2.05, 4.69) is 5.32 Å². The number of amides is 1. The summed E-state index contributed by atoms with van der Waals surface area (Å²) in [6.45, 7) is 3.77. The Morgan fingerprint density at radius 1 is 1.53 bits per heavy atom. The van der Waals surface area contributed by atoms with Crippen LogP contribution in [0.3, 0.4) is 0 Å². The molecule has 104 valence electrons. The number of hydrogen-bond donors (Lipinski definition) is 2. The minimum Gasteiger partial charge on any atom is -0.394 e. The molecule has 3 nitrogen and oxygen atoms in total. The van der Waals surface area contributed by atoms with Crippen molar-refractivity contribution in [3.63, 3.8) is 0 Å². The minimum atomic E-state index is -0.523. The first-order chi connectivity index (χ1) is 9.00. The summed E-state index contributed by atoms with van der Waals surface area (Å²) >= 11 is 6.15. The van der Waals surface area contributed by atoms with Crippen molar-refractivity contribution in [3.05, 3.63) is 34.9 Å². The Labute approximate surface area is 119 Å². The van der Waals surface area contributed by atoms with Crippen molar-refractivity contribution in [1.29, 1.82) is 0 Å². The third kappa shape index (κ3) is 3.10. The smallest absolute Gasteiger partial charge is 0.224 e. The second kappa shape index (κ2) is 5.51. The lowest BCUT2D eigenvalue weighted by Gasteiger charge is -2.27. The first-order valence-corrected chi connectivity index (χ1v) is 7.06. The number of halogens is 1. The highest BCUT2D eigenvalue weighted by molar-refractivity contribution is 6.31. The SMILES string of the molecule is CC[C@](C)(CO)NC(=O)[C@@H]1C[C@H]1c1ccccc1Cl. The van der Waals surface area contributed by atoms with Gasteiger partial charge in [-0.05, 0) is 37.3 Å². The zero-order valence-electron chi connectivity index (χ0n) is 11.3. The van der Waals surface area contributed by atoms with Gasteiger partial charge in [0.15, 0.2) is 0 Å². The second-order valence-electron chi connectivity index (χ2n) is 5.53. The topological polar surface area (TPSA) is 49.3 Å². The van der Waals surface area contributed by atoms with Gasteiger partial charge < -0.3 is 10.4 Å². The van der Waals surface area contributed by atoms with Crippen LogP contribution in [0, 0.1) is 5.92 Å². The number of nitrogens with one attached hydrogen (secondary N) is 1. The molecule has 0 aliphatic heterocycles. The van der Waals surface area contributed by atoms with Gasteiger partial charge in [-0.2, -0.15) is 0 Å². The minimum absolute atomic E-state index is 0.0164. The molecule has 0 aromatic heterocycles. The first-order valence-electron chi connectivity index (χ1n) is 6.68. The van der Waals surface area contributed by atoms with E-state index < -0.39 is 5.54 Å². The van der Waals surface area contributed by atoms with Crippen molar-refractivity contribution in [2.45, 2.75) is 38.1 Å². The zero-order chi connectivity index (χ0) is 14.0. The first kappa shape index (κ1) is 14.4. The van der Waals surface area contributed by atoms with Crippen molar-refractivity contribution in [1.82, 2.24) is 5.32 Å². The zero-order valence-corrected chi connectivity index (χ0v) is 12.1. The Hall–Kier alpha value is -1.06. The van der Waals surface area contributed by atoms with Gasteiger partial charge in [-0.25, -0.2) is 0 Å². The summed E-state index contributed by atoms with van der Waals surface area (Å²) in [5.74, 6) is 0.217. The van der Waals surface area contributed by atoms with E-state index >= 15 is 0 Å². The van der Waals surface area contributed by atoms with Gasteiger partial charge in [0.05, 0.1) is 12.1 Å². The van der Waals surface area contributed by atoms with Crippen LogP contribution >= 0.6 is 11.6 Å². The summed E-state index contributed by atoms with van der Waals surface area (Å²) in [6, 6.07) is 7.67. The molecule has 3 atom stereocenters. The molecular formula is C15H20ClNO2. The van der Waals surface area contributed by atoms with Crippen LogP contribution in [0.2, 0.25) is 5.02 Å². The molecule has 0 spiro atoms. The predicted octanol–water partition coefficient (Wildman–Crippen LogP) is 2.72. The van der Waals surface area contributed by atoms with E-state index in [4.69, 9.17) is 11.6 Å². The van der Waals surface area contributed by atoms with E-state index in [-0.39, 0.29) is 24.3 Å². The van der Waals surface area contributed by atoms with Crippen LogP contribution in [-0.4, -0.2) is 23.2 Å². The maximum absolute atomic E-state index is 12.2. The molecule has 2 rings (SSSR count).